The fraction of sp³-hybridized carbons (Fsp3) is 0.0154. The number of hydrogen-bond donors (Lipinski definition) is 0. The maximum absolute atomic E-state index is 10.0. The Bertz CT molecular complexity index is 3670. The van der Waals surface area contributed by atoms with Crippen LogP contribution in [0.3, 0.4) is 0 Å². The lowest BCUT2D eigenvalue weighted by Crippen LogP contribution is -2.28. The second-order valence-corrected chi connectivity index (χ2v) is 16.9. The normalized spacial score (nSPS) is 13.2. The number of hydrogen-bond acceptors (Lipinski definition) is 1. The summed E-state index contributed by atoms with van der Waals surface area (Å²) in [5.41, 5.74) is 14.6. The Morgan fingerprint density at radius 3 is 1.50 bits per heavy atom. The summed E-state index contributed by atoms with van der Waals surface area (Å²) in [6.45, 7) is 0. The molecule has 0 unspecified atom stereocenters. The fourth-order valence-electron chi connectivity index (χ4n) is 10.2. The topological polar surface area (TPSA) is 3.24 Å². The van der Waals surface area contributed by atoms with E-state index >= 15 is 0 Å². The first-order valence-corrected chi connectivity index (χ1v) is 22.5. The monoisotopic (exact) mass is 843 g/mol. The molecule has 0 bridgehead atoms. The van der Waals surface area contributed by atoms with E-state index in [1.54, 1.807) is 0 Å². The molecule has 0 atom stereocenters. The van der Waals surface area contributed by atoms with E-state index in [4.69, 9.17) is 0 Å². The molecule has 0 radical (unpaired) electrons. The first kappa shape index (κ1) is 34.9. The molecule has 12 rings (SSSR count). The summed E-state index contributed by atoms with van der Waals surface area (Å²) in [6.07, 6.45) is 0. The van der Waals surface area contributed by atoms with Crippen LogP contribution in [0.15, 0.2) is 273 Å². The molecule has 11 aromatic carbocycles. The third-order valence-electron chi connectivity index (χ3n) is 13.2. The van der Waals surface area contributed by atoms with Crippen LogP contribution in [0.1, 0.15) is 27.7 Å². The predicted molar refractivity (Wildman–Crippen MR) is 278 cm³/mol. The average Bonchev–Trinajstić information content (AvgIpc) is 3.74. The SMILES string of the molecule is [2H]c1c([2H])c(N(c2ccc(-c3ccc(-c4ccccc4)cc3)cc2)c2cccc3c2-c2ccccc2C3(c2ccccc2)c2ccccc2)c([2H])c([2H])c1-c1cccc(-c2cccc3ccccc23)c1. The van der Waals surface area contributed by atoms with Crippen molar-refractivity contribution >= 4 is 27.8 Å². The molecule has 0 saturated carbocycles. The van der Waals surface area contributed by atoms with Gasteiger partial charge in [-0.05, 0) is 119 Å². The molecule has 11 aromatic rings. The van der Waals surface area contributed by atoms with Gasteiger partial charge in [-0.1, -0.05) is 237 Å². The number of benzene rings is 11. The van der Waals surface area contributed by atoms with Crippen LogP contribution in [0.2, 0.25) is 0 Å². The zero-order valence-electron chi connectivity index (χ0n) is 40.1. The van der Waals surface area contributed by atoms with Crippen LogP contribution in [0.25, 0.3) is 66.4 Å². The second kappa shape index (κ2) is 16.6. The highest BCUT2D eigenvalue weighted by Crippen LogP contribution is 2.59. The highest BCUT2D eigenvalue weighted by Gasteiger charge is 2.47. The van der Waals surface area contributed by atoms with Crippen molar-refractivity contribution in [3.05, 3.63) is 295 Å². The summed E-state index contributed by atoms with van der Waals surface area (Å²) in [7, 11) is 0. The van der Waals surface area contributed by atoms with Crippen molar-refractivity contribution in [1.82, 2.24) is 0 Å². The molecule has 310 valence electrons. The van der Waals surface area contributed by atoms with Gasteiger partial charge in [-0.15, -0.1) is 0 Å². The lowest BCUT2D eigenvalue weighted by Gasteiger charge is -2.34. The number of anilines is 3. The van der Waals surface area contributed by atoms with Gasteiger partial charge >= 0.3 is 0 Å². The quantitative estimate of drug-likeness (QED) is 0.140. The van der Waals surface area contributed by atoms with Crippen molar-refractivity contribution in [2.75, 3.05) is 4.90 Å². The van der Waals surface area contributed by atoms with E-state index in [9.17, 15) is 5.48 Å². The molecule has 1 aliphatic carbocycles. The van der Waals surface area contributed by atoms with E-state index in [0.29, 0.717) is 11.3 Å². The van der Waals surface area contributed by atoms with Crippen LogP contribution in [0, 0.1) is 0 Å². The molecule has 0 spiro atoms. The fourth-order valence-corrected chi connectivity index (χ4v) is 10.2. The lowest BCUT2D eigenvalue weighted by molar-refractivity contribution is 0.768. The molecule has 1 aliphatic rings. The van der Waals surface area contributed by atoms with Crippen LogP contribution >= 0.6 is 0 Å². The largest absolute Gasteiger partial charge is 0.310 e. The Kier molecular flexibility index (Phi) is 8.75. The van der Waals surface area contributed by atoms with Gasteiger partial charge < -0.3 is 4.90 Å². The first-order valence-electron chi connectivity index (χ1n) is 24.5. The van der Waals surface area contributed by atoms with E-state index in [0.717, 1.165) is 83.2 Å². The Morgan fingerprint density at radius 2 is 0.803 bits per heavy atom. The smallest absolute Gasteiger partial charge is 0.0714 e. The van der Waals surface area contributed by atoms with E-state index in [2.05, 4.69) is 176 Å². The summed E-state index contributed by atoms with van der Waals surface area (Å²) < 4.78 is 39.6. The minimum Gasteiger partial charge on any atom is -0.310 e. The van der Waals surface area contributed by atoms with E-state index < -0.39 is 5.41 Å². The van der Waals surface area contributed by atoms with Crippen LogP contribution in [0.5, 0.6) is 0 Å². The van der Waals surface area contributed by atoms with Gasteiger partial charge in [-0.2, -0.15) is 0 Å². The van der Waals surface area contributed by atoms with Crippen LogP contribution in [-0.4, -0.2) is 0 Å². The molecule has 0 aliphatic heterocycles. The third-order valence-corrected chi connectivity index (χ3v) is 13.2. The van der Waals surface area contributed by atoms with E-state index in [1.807, 2.05) is 77.7 Å². The van der Waals surface area contributed by atoms with Crippen molar-refractivity contribution in [2.24, 2.45) is 0 Å². The second-order valence-electron chi connectivity index (χ2n) is 16.9. The number of fused-ring (bicyclic) bond motifs is 4. The predicted octanol–water partition coefficient (Wildman–Crippen LogP) is 17.3. The Balaban J connectivity index is 1.07. The van der Waals surface area contributed by atoms with E-state index in [-0.39, 0.29) is 35.4 Å². The van der Waals surface area contributed by atoms with Gasteiger partial charge in [0, 0.05) is 16.9 Å². The Hall–Kier alpha value is -8.52. The van der Waals surface area contributed by atoms with Crippen molar-refractivity contribution in [3.8, 4) is 55.6 Å². The molecule has 0 N–H and O–H groups in total. The molecule has 0 heterocycles. The van der Waals surface area contributed by atoms with Gasteiger partial charge in [0.05, 0.1) is 16.6 Å². The summed E-state index contributed by atoms with van der Waals surface area (Å²) in [5, 5.41) is 2.22. The lowest BCUT2D eigenvalue weighted by atomic mass is 9.68. The number of nitrogens with zero attached hydrogens (tertiary/aromatic N) is 1. The van der Waals surface area contributed by atoms with Crippen molar-refractivity contribution in [1.29, 1.82) is 0 Å². The number of rotatable bonds is 9. The highest BCUT2D eigenvalue weighted by molar-refractivity contribution is 5.99. The zero-order valence-corrected chi connectivity index (χ0v) is 36.1. The van der Waals surface area contributed by atoms with Gasteiger partial charge in [-0.3, -0.25) is 0 Å². The maximum Gasteiger partial charge on any atom is 0.0714 e. The minimum atomic E-state index is -0.695. The van der Waals surface area contributed by atoms with Crippen LogP contribution in [0.4, 0.5) is 17.1 Å². The maximum atomic E-state index is 10.0. The average molecular weight is 844 g/mol. The van der Waals surface area contributed by atoms with Crippen LogP contribution < -0.4 is 4.90 Å². The van der Waals surface area contributed by atoms with Crippen molar-refractivity contribution in [3.63, 3.8) is 0 Å². The van der Waals surface area contributed by atoms with Crippen LogP contribution in [-0.2, 0) is 5.41 Å². The van der Waals surface area contributed by atoms with Gasteiger partial charge in [-0.25, -0.2) is 0 Å². The summed E-state index contributed by atoms with van der Waals surface area (Å²) in [4.78, 5) is 1.96. The standard InChI is InChI=1S/C65H45N/c1-4-17-46(18-5-1)47-33-35-48(36-34-47)49-37-41-56(42-38-49)66(57-43-39-50(40-44-57)52-21-14-22-53(45-52)59-29-15-20-51-19-10-11-27-58(51)59)63-32-16-31-62-64(63)60-28-12-13-30-61(60)65(62,54-23-6-2-7-24-54)55-25-8-3-9-26-55/h1-45H/i39D,40D,43D,44D. The molecule has 1 nitrogen and oxygen atoms in total. The van der Waals surface area contributed by atoms with Gasteiger partial charge in [0.25, 0.3) is 0 Å². The molecular formula is C65H45N. The van der Waals surface area contributed by atoms with Gasteiger partial charge in [0.1, 0.15) is 0 Å². The molecule has 66 heavy (non-hydrogen) atoms. The van der Waals surface area contributed by atoms with Gasteiger partial charge in [0.15, 0.2) is 0 Å². The van der Waals surface area contributed by atoms with Gasteiger partial charge in [0.2, 0.25) is 0 Å². The summed E-state index contributed by atoms with van der Waals surface area (Å²) in [6, 6.07) is 85.2. The highest BCUT2D eigenvalue weighted by atomic mass is 15.1. The van der Waals surface area contributed by atoms with Crippen molar-refractivity contribution in [2.45, 2.75) is 5.41 Å². The molecule has 0 saturated heterocycles. The molecule has 0 aromatic heterocycles. The molecule has 0 amide bonds. The van der Waals surface area contributed by atoms with Crippen molar-refractivity contribution < 1.29 is 5.48 Å². The zero-order chi connectivity index (χ0) is 47.3. The van der Waals surface area contributed by atoms with E-state index in [1.165, 1.54) is 0 Å². The summed E-state index contributed by atoms with van der Waals surface area (Å²) >= 11 is 0. The Morgan fingerprint density at radius 1 is 0.318 bits per heavy atom. The molecule has 1 heteroatoms. The molecule has 0 fully saturated rings. The minimum absolute atomic E-state index is 0.109. The third kappa shape index (κ3) is 6.64. The first-order chi connectivity index (χ1) is 34.4. The summed E-state index contributed by atoms with van der Waals surface area (Å²) in [5.74, 6) is 0. The molecular weight excluding hydrogens is 795 g/mol. The Labute approximate surface area is 392 Å².